The van der Waals surface area contributed by atoms with Crippen LogP contribution in [0.5, 0.6) is 0 Å². The van der Waals surface area contributed by atoms with Crippen LogP contribution < -0.4 is 10.2 Å². The van der Waals surface area contributed by atoms with Crippen molar-refractivity contribution < 1.29 is 9.59 Å². The monoisotopic (exact) mass is 446 g/mol. The molecule has 2 amide bonds. The minimum absolute atomic E-state index is 0.182. The van der Waals surface area contributed by atoms with E-state index in [2.05, 4.69) is 27.4 Å². The van der Waals surface area contributed by atoms with Crippen LogP contribution in [0.1, 0.15) is 52.9 Å². The largest absolute Gasteiger partial charge is 0.312 e. The van der Waals surface area contributed by atoms with E-state index in [9.17, 15) is 9.59 Å². The van der Waals surface area contributed by atoms with E-state index in [0.29, 0.717) is 16.6 Å². The van der Waals surface area contributed by atoms with Gasteiger partial charge in [0.1, 0.15) is 0 Å². The molecule has 164 valence electrons. The number of aryl methyl sites for hydroxylation is 1. The highest BCUT2D eigenvalue weighted by atomic mass is 32.1. The fraction of sp³-hybridized carbons (Fsp3) is 0.360. The maximum absolute atomic E-state index is 13.1. The summed E-state index contributed by atoms with van der Waals surface area (Å²) in [4.78, 5) is 37.2. The number of carbonyl (C=O) groups is 2. The molecular weight excluding hydrogens is 420 g/mol. The Morgan fingerprint density at radius 1 is 1.16 bits per heavy atom. The van der Waals surface area contributed by atoms with Gasteiger partial charge in [-0.25, -0.2) is 4.98 Å². The summed E-state index contributed by atoms with van der Waals surface area (Å²) in [7, 11) is 0. The number of amides is 2. The third-order valence-electron chi connectivity index (χ3n) is 6.41. The summed E-state index contributed by atoms with van der Waals surface area (Å²) in [6, 6.07) is 9.72. The molecule has 0 spiro atoms. The van der Waals surface area contributed by atoms with Crippen LogP contribution in [0.3, 0.4) is 0 Å². The molecule has 6 nitrogen and oxygen atoms in total. The van der Waals surface area contributed by atoms with Gasteiger partial charge in [0.05, 0.1) is 11.3 Å². The van der Waals surface area contributed by atoms with Gasteiger partial charge in [-0.05, 0) is 56.0 Å². The Labute approximate surface area is 191 Å². The number of hydrogen-bond acceptors (Lipinski definition) is 5. The van der Waals surface area contributed by atoms with Gasteiger partial charge in [0.25, 0.3) is 5.91 Å². The zero-order valence-corrected chi connectivity index (χ0v) is 19.0. The molecule has 1 aliphatic heterocycles. The van der Waals surface area contributed by atoms with Gasteiger partial charge in [-0.2, -0.15) is 0 Å². The first-order valence-corrected chi connectivity index (χ1v) is 12.1. The van der Waals surface area contributed by atoms with Gasteiger partial charge in [-0.1, -0.05) is 25.3 Å². The van der Waals surface area contributed by atoms with Gasteiger partial charge in [-0.3, -0.25) is 19.9 Å². The third-order valence-corrected chi connectivity index (χ3v) is 7.30. The molecule has 3 aromatic rings. The highest BCUT2D eigenvalue weighted by Gasteiger charge is 2.31. The molecule has 2 aliphatic rings. The minimum Gasteiger partial charge on any atom is -0.312 e. The number of carbonyl (C=O) groups excluding carboxylic acids is 2. The molecule has 3 heterocycles. The molecule has 1 N–H and O–H groups in total. The van der Waals surface area contributed by atoms with Crippen molar-refractivity contribution in [3.05, 3.63) is 58.7 Å². The van der Waals surface area contributed by atoms with E-state index < -0.39 is 0 Å². The SMILES string of the molecule is Cc1sc(NC(=O)c2cccnc2)nc1-c1ccc2c(c1)CCN2C(=O)C1CCCCC1. The summed E-state index contributed by atoms with van der Waals surface area (Å²) in [5.74, 6) is 0.256. The number of fused-ring (bicyclic) bond motifs is 1. The van der Waals surface area contributed by atoms with Gasteiger partial charge in [0, 0.05) is 41.0 Å². The minimum atomic E-state index is -0.218. The fourth-order valence-corrected chi connectivity index (χ4v) is 5.56. The third kappa shape index (κ3) is 4.05. The molecule has 1 fully saturated rings. The number of pyridine rings is 1. The molecule has 0 unspecified atom stereocenters. The van der Waals surface area contributed by atoms with Crippen LogP contribution in [-0.2, 0) is 11.2 Å². The molecule has 2 aromatic heterocycles. The van der Waals surface area contributed by atoms with E-state index in [1.165, 1.54) is 42.4 Å². The average Bonchev–Trinajstić information content (AvgIpc) is 3.42. The van der Waals surface area contributed by atoms with Gasteiger partial charge in [-0.15, -0.1) is 11.3 Å². The molecule has 5 rings (SSSR count). The Morgan fingerprint density at radius 2 is 2.00 bits per heavy atom. The molecule has 1 aromatic carbocycles. The fourth-order valence-electron chi connectivity index (χ4n) is 4.73. The van der Waals surface area contributed by atoms with Crippen molar-refractivity contribution in [3.8, 4) is 11.3 Å². The van der Waals surface area contributed by atoms with Crippen LogP contribution in [-0.4, -0.2) is 28.3 Å². The highest BCUT2D eigenvalue weighted by molar-refractivity contribution is 7.16. The molecule has 7 heteroatoms. The van der Waals surface area contributed by atoms with Crippen molar-refractivity contribution in [1.29, 1.82) is 0 Å². The molecule has 0 bridgehead atoms. The first-order valence-electron chi connectivity index (χ1n) is 11.2. The van der Waals surface area contributed by atoms with Gasteiger partial charge < -0.3 is 4.90 Å². The van der Waals surface area contributed by atoms with Crippen LogP contribution in [0.2, 0.25) is 0 Å². The Kier molecular flexibility index (Phi) is 5.74. The van der Waals surface area contributed by atoms with Crippen molar-refractivity contribution in [3.63, 3.8) is 0 Å². The molecule has 32 heavy (non-hydrogen) atoms. The molecular formula is C25H26N4O2S. The Hall–Kier alpha value is -3.06. The first kappa shape index (κ1) is 20.8. The summed E-state index contributed by atoms with van der Waals surface area (Å²) in [5, 5.41) is 3.45. The van der Waals surface area contributed by atoms with Crippen molar-refractivity contribution >= 4 is 34.0 Å². The highest BCUT2D eigenvalue weighted by Crippen LogP contribution is 2.37. The smallest absolute Gasteiger partial charge is 0.259 e. The summed E-state index contributed by atoms with van der Waals surface area (Å²) in [6.07, 6.45) is 9.68. The van der Waals surface area contributed by atoms with Crippen LogP contribution in [0.25, 0.3) is 11.3 Å². The van der Waals surface area contributed by atoms with E-state index in [4.69, 9.17) is 0 Å². The lowest BCUT2D eigenvalue weighted by Crippen LogP contribution is -2.35. The predicted octanol–water partition coefficient (Wildman–Crippen LogP) is 5.24. The van der Waals surface area contributed by atoms with Crippen LogP contribution in [0.15, 0.2) is 42.7 Å². The number of nitrogens with one attached hydrogen (secondary N) is 1. The number of rotatable bonds is 4. The molecule has 0 saturated heterocycles. The molecule has 0 radical (unpaired) electrons. The zero-order valence-electron chi connectivity index (χ0n) is 18.1. The second kappa shape index (κ2) is 8.82. The van der Waals surface area contributed by atoms with Gasteiger partial charge in [0.15, 0.2) is 5.13 Å². The number of nitrogens with zero attached hydrogens (tertiary/aromatic N) is 3. The molecule has 1 aliphatic carbocycles. The Morgan fingerprint density at radius 3 is 2.78 bits per heavy atom. The van der Waals surface area contributed by atoms with E-state index in [1.807, 2.05) is 17.9 Å². The normalized spacial score (nSPS) is 16.1. The van der Waals surface area contributed by atoms with Crippen molar-refractivity contribution in [1.82, 2.24) is 9.97 Å². The van der Waals surface area contributed by atoms with Crippen LogP contribution >= 0.6 is 11.3 Å². The summed E-state index contributed by atoms with van der Waals surface area (Å²) >= 11 is 1.46. The maximum Gasteiger partial charge on any atom is 0.259 e. The van der Waals surface area contributed by atoms with E-state index >= 15 is 0 Å². The number of thiazole rings is 1. The lowest BCUT2D eigenvalue weighted by atomic mass is 9.88. The lowest BCUT2D eigenvalue weighted by Gasteiger charge is -2.26. The summed E-state index contributed by atoms with van der Waals surface area (Å²) in [6.45, 7) is 2.77. The van der Waals surface area contributed by atoms with Gasteiger partial charge in [0.2, 0.25) is 5.91 Å². The van der Waals surface area contributed by atoms with E-state index in [-0.39, 0.29) is 11.8 Å². The number of aromatic nitrogens is 2. The topological polar surface area (TPSA) is 75.2 Å². The Bertz CT molecular complexity index is 1150. The summed E-state index contributed by atoms with van der Waals surface area (Å²) < 4.78 is 0. The van der Waals surface area contributed by atoms with Crippen LogP contribution in [0.4, 0.5) is 10.8 Å². The van der Waals surface area contributed by atoms with Crippen LogP contribution in [0, 0.1) is 12.8 Å². The lowest BCUT2D eigenvalue weighted by molar-refractivity contribution is -0.123. The first-order chi connectivity index (χ1) is 15.6. The van der Waals surface area contributed by atoms with Crippen molar-refractivity contribution in [2.75, 3.05) is 16.8 Å². The van der Waals surface area contributed by atoms with E-state index in [1.54, 1.807) is 18.3 Å². The number of anilines is 2. The predicted molar refractivity (Wildman–Crippen MR) is 127 cm³/mol. The second-order valence-corrected chi connectivity index (χ2v) is 9.74. The molecule has 0 atom stereocenters. The Balaban J connectivity index is 1.34. The standard InChI is InChI=1S/C25H26N4O2S/c1-16-22(27-25(32-16)28-23(30)20-8-5-12-26-15-20)19-9-10-21-18(14-19)11-13-29(21)24(31)17-6-3-2-4-7-17/h5,8-10,12,14-15,17H,2-4,6-7,11,13H2,1H3,(H,27,28,30). The zero-order chi connectivity index (χ0) is 22.1. The van der Waals surface area contributed by atoms with Crippen molar-refractivity contribution in [2.45, 2.75) is 45.4 Å². The molecule has 1 saturated carbocycles. The summed E-state index contributed by atoms with van der Waals surface area (Å²) in [5.41, 5.74) is 4.63. The number of benzene rings is 1. The maximum atomic E-state index is 13.1. The quantitative estimate of drug-likeness (QED) is 0.595. The van der Waals surface area contributed by atoms with Crippen molar-refractivity contribution in [2.24, 2.45) is 5.92 Å². The average molecular weight is 447 g/mol. The second-order valence-electron chi connectivity index (χ2n) is 8.54. The van der Waals surface area contributed by atoms with Gasteiger partial charge >= 0.3 is 0 Å². The van der Waals surface area contributed by atoms with E-state index in [0.717, 1.165) is 47.6 Å². The number of hydrogen-bond donors (Lipinski definition) is 1.